The maximum atomic E-state index is 11.6. The molecule has 0 radical (unpaired) electrons. The predicted molar refractivity (Wildman–Crippen MR) is 64.9 cm³/mol. The summed E-state index contributed by atoms with van der Waals surface area (Å²) in [5.41, 5.74) is 6.11. The van der Waals surface area contributed by atoms with Crippen molar-refractivity contribution in [2.24, 2.45) is 0 Å². The van der Waals surface area contributed by atoms with Crippen molar-refractivity contribution >= 4 is 27.4 Å². The van der Waals surface area contributed by atoms with Gasteiger partial charge in [-0.25, -0.2) is 8.42 Å². The maximum absolute atomic E-state index is 11.6. The normalized spacial score (nSPS) is 10.9. The molecule has 0 unspecified atom stereocenters. The van der Waals surface area contributed by atoms with Gasteiger partial charge in [-0.15, -0.1) is 0 Å². The Morgan fingerprint density at radius 2 is 2.06 bits per heavy atom. The van der Waals surface area contributed by atoms with Gasteiger partial charge in [0.05, 0.1) is 18.0 Å². The second kappa shape index (κ2) is 5.53. The van der Waals surface area contributed by atoms with Crippen LogP contribution in [0.2, 0.25) is 0 Å². The first-order valence-corrected chi connectivity index (χ1v) is 6.60. The lowest BCUT2D eigenvalue weighted by atomic mass is 10.3. The Hall–Kier alpha value is -1.76. The standard InChI is InChI=1S/C10H14N2O4S/c1-2-16-10(13)7-17(14,15)12-9-6-4-3-5-8(9)11/h3-6,12H,2,7,11H2,1H3. The number of rotatable bonds is 5. The third-order valence-corrected chi connectivity index (χ3v) is 2.99. The molecule has 0 aromatic heterocycles. The first kappa shape index (κ1) is 13.3. The number of anilines is 2. The molecule has 1 aromatic carbocycles. The molecule has 0 bridgehead atoms. The number of nitrogens with one attached hydrogen (secondary N) is 1. The Bertz CT molecular complexity index is 499. The Kier molecular flexibility index (Phi) is 4.33. The molecular weight excluding hydrogens is 244 g/mol. The molecule has 0 atom stereocenters. The van der Waals surface area contributed by atoms with Crippen molar-refractivity contribution in [2.75, 3.05) is 22.8 Å². The molecule has 0 spiro atoms. The molecule has 3 N–H and O–H groups in total. The zero-order valence-electron chi connectivity index (χ0n) is 9.34. The van der Waals surface area contributed by atoms with Crippen molar-refractivity contribution in [1.29, 1.82) is 0 Å². The van der Waals surface area contributed by atoms with Gasteiger partial charge in [0.15, 0.2) is 5.75 Å². The van der Waals surface area contributed by atoms with Gasteiger partial charge in [-0.2, -0.15) is 0 Å². The zero-order valence-corrected chi connectivity index (χ0v) is 10.2. The molecule has 0 saturated carbocycles. The van der Waals surface area contributed by atoms with Crippen molar-refractivity contribution in [2.45, 2.75) is 6.92 Å². The number of nitrogens with two attached hydrogens (primary N) is 1. The van der Waals surface area contributed by atoms with Crippen molar-refractivity contribution in [3.8, 4) is 0 Å². The van der Waals surface area contributed by atoms with Crippen LogP contribution in [0.1, 0.15) is 6.92 Å². The van der Waals surface area contributed by atoms with E-state index in [1.165, 1.54) is 6.07 Å². The highest BCUT2D eigenvalue weighted by Gasteiger charge is 2.18. The number of carbonyl (C=O) groups is 1. The average molecular weight is 258 g/mol. The highest BCUT2D eigenvalue weighted by atomic mass is 32.2. The van der Waals surface area contributed by atoms with Crippen LogP contribution in [0.15, 0.2) is 24.3 Å². The van der Waals surface area contributed by atoms with Crippen LogP contribution in [0.4, 0.5) is 11.4 Å². The molecular formula is C10H14N2O4S. The first-order chi connectivity index (χ1) is 7.94. The van der Waals surface area contributed by atoms with Crippen molar-refractivity contribution in [1.82, 2.24) is 0 Å². The molecule has 17 heavy (non-hydrogen) atoms. The van der Waals surface area contributed by atoms with E-state index in [1.807, 2.05) is 0 Å². The summed E-state index contributed by atoms with van der Waals surface area (Å²) in [5.74, 6) is -1.52. The molecule has 1 aromatic rings. The van der Waals surface area contributed by atoms with Gasteiger partial charge >= 0.3 is 5.97 Å². The molecule has 0 amide bonds. The Morgan fingerprint density at radius 3 is 2.65 bits per heavy atom. The number of sulfonamides is 1. The van der Waals surface area contributed by atoms with Crippen LogP contribution in [-0.2, 0) is 19.6 Å². The van der Waals surface area contributed by atoms with E-state index >= 15 is 0 Å². The first-order valence-electron chi connectivity index (χ1n) is 4.95. The summed E-state index contributed by atoms with van der Waals surface area (Å²) in [6.45, 7) is 1.75. The quantitative estimate of drug-likeness (QED) is 0.594. The predicted octanol–water partition coefficient (Wildman–Crippen LogP) is 0.574. The summed E-state index contributed by atoms with van der Waals surface area (Å²) in [5, 5.41) is 0. The molecule has 0 fully saturated rings. The number of hydrogen-bond acceptors (Lipinski definition) is 5. The number of esters is 1. The second-order valence-corrected chi connectivity index (χ2v) is 4.98. The van der Waals surface area contributed by atoms with E-state index in [0.29, 0.717) is 5.69 Å². The molecule has 1 rings (SSSR count). The summed E-state index contributed by atoms with van der Waals surface area (Å²) >= 11 is 0. The summed E-state index contributed by atoms with van der Waals surface area (Å²) in [7, 11) is -3.78. The number of nitrogen functional groups attached to an aromatic ring is 1. The van der Waals surface area contributed by atoms with Crippen LogP contribution in [-0.4, -0.2) is 26.7 Å². The summed E-state index contributed by atoms with van der Waals surface area (Å²) in [6, 6.07) is 6.39. The van der Waals surface area contributed by atoms with E-state index in [4.69, 9.17) is 5.73 Å². The topological polar surface area (TPSA) is 98.5 Å². The second-order valence-electron chi connectivity index (χ2n) is 3.25. The number of benzene rings is 1. The van der Waals surface area contributed by atoms with Gasteiger partial charge in [0.1, 0.15) is 0 Å². The third-order valence-electron chi connectivity index (χ3n) is 1.84. The number of carbonyl (C=O) groups excluding carboxylic acids is 1. The van der Waals surface area contributed by atoms with E-state index in [2.05, 4.69) is 9.46 Å². The molecule has 0 aliphatic carbocycles. The molecule has 0 aliphatic heterocycles. The average Bonchev–Trinajstić information content (AvgIpc) is 2.20. The maximum Gasteiger partial charge on any atom is 0.323 e. The van der Waals surface area contributed by atoms with E-state index in [0.717, 1.165) is 0 Å². The zero-order chi connectivity index (χ0) is 12.9. The summed E-state index contributed by atoms with van der Waals surface area (Å²) < 4.78 is 29.9. The SMILES string of the molecule is CCOC(=O)CS(=O)(=O)Nc1ccccc1N. The lowest BCUT2D eigenvalue weighted by molar-refractivity contribution is -0.139. The van der Waals surface area contributed by atoms with Crippen LogP contribution >= 0.6 is 0 Å². The lowest BCUT2D eigenvalue weighted by Crippen LogP contribution is -2.24. The van der Waals surface area contributed by atoms with Gasteiger partial charge in [0, 0.05) is 0 Å². The molecule has 0 aliphatic rings. The van der Waals surface area contributed by atoms with E-state index in [1.54, 1.807) is 25.1 Å². The Balaban J connectivity index is 2.74. The van der Waals surface area contributed by atoms with Gasteiger partial charge in [-0.3, -0.25) is 9.52 Å². The van der Waals surface area contributed by atoms with Gasteiger partial charge in [-0.05, 0) is 19.1 Å². The van der Waals surface area contributed by atoms with Crippen LogP contribution in [0.5, 0.6) is 0 Å². The van der Waals surface area contributed by atoms with Gasteiger partial charge < -0.3 is 10.5 Å². The van der Waals surface area contributed by atoms with E-state index in [9.17, 15) is 13.2 Å². The fraction of sp³-hybridized carbons (Fsp3) is 0.300. The molecule has 94 valence electrons. The van der Waals surface area contributed by atoms with Crippen molar-refractivity contribution in [3.05, 3.63) is 24.3 Å². The monoisotopic (exact) mass is 258 g/mol. The van der Waals surface area contributed by atoms with Crippen LogP contribution in [0.25, 0.3) is 0 Å². The molecule has 0 heterocycles. The number of para-hydroxylation sites is 2. The lowest BCUT2D eigenvalue weighted by Gasteiger charge is -2.09. The molecule has 6 nitrogen and oxygen atoms in total. The number of ether oxygens (including phenoxy) is 1. The molecule has 7 heteroatoms. The van der Waals surface area contributed by atoms with Gasteiger partial charge in [0.2, 0.25) is 10.0 Å². The highest BCUT2D eigenvalue weighted by Crippen LogP contribution is 2.18. The molecule has 0 saturated heterocycles. The Labute approximate surface area is 99.8 Å². The van der Waals surface area contributed by atoms with E-state index in [-0.39, 0.29) is 12.3 Å². The fourth-order valence-electron chi connectivity index (χ4n) is 1.15. The highest BCUT2D eigenvalue weighted by molar-refractivity contribution is 7.93. The van der Waals surface area contributed by atoms with Crippen LogP contribution in [0, 0.1) is 0 Å². The van der Waals surface area contributed by atoms with Crippen LogP contribution < -0.4 is 10.5 Å². The van der Waals surface area contributed by atoms with E-state index < -0.39 is 21.7 Å². The largest absolute Gasteiger partial charge is 0.465 e. The van der Waals surface area contributed by atoms with Crippen molar-refractivity contribution in [3.63, 3.8) is 0 Å². The fourth-order valence-corrected chi connectivity index (χ4v) is 2.14. The third kappa shape index (κ3) is 4.31. The van der Waals surface area contributed by atoms with Gasteiger partial charge in [0.25, 0.3) is 0 Å². The summed E-state index contributed by atoms with van der Waals surface area (Å²) in [6.07, 6.45) is 0. The Morgan fingerprint density at radius 1 is 1.41 bits per heavy atom. The minimum Gasteiger partial charge on any atom is -0.465 e. The number of hydrogen-bond donors (Lipinski definition) is 2. The van der Waals surface area contributed by atoms with Crippen LogP contribution in [0.3, 0.4) is 0 Å². The minimum atomic E-state index is -3.78. The van der Waals surface area contributed by atoms with Crippen molar-refractivity contribution < 1.29 is 17.9 Å². The van der Waals surface area contributed by atoms with Gasteiger partial charge in [-0.1, -0.05) is 12.1 Å². The minimum absolute atomic E-state index is 0.141. The summed E-state index contributed by atoms with van der Waals surface area (Å²) in [4.78, 5) is 11.1. The smallest absolute Gasteiger partial charge is 0.323 e.